The van der Waals surface area contributed by atoms with Crippen LogP contribution in [0.3, 0.4) is 0 Å². The molecule has 3 aromatic carbocycles. The number of anilines is 2. The molecule has 0 bridgehead atoms. The van der Waals surface area contributed by atoms with E-state index in [4.69, 9.17) is 26.2 Å². The number of nitrogens with zero attached hydrogens (tertiary/aromatic N) is 2. The number of benzene rings is 3. The molecule has 0 fully saturated rings. The lowest BCUT2D eigenvalue weighted by molar-refractivity contribution is -0.137. The molecule has 1 aromatic heterocycles. The summed E-state index contributed by atoms with van der Waals surface area (Å²) in [6, 6.07) is 16.6. The minimum atomic E-state index is -0.961. The standard InChI is InChI=1S/C25H20ClN3O4S/c1-14(25(30)31)27-13-15-5-7-18-22(11-15)34-29-24(18)28-19-4-2-3-17(23(19)26)16-6-8-20-21(12-16)33-10-9-32-20/h2-8,11-14H,9-10H2,1H3,(H,28,29)(H,30,31)/t14-/m0/s1. The van der Waals surface area contributed by atoms with Crippen LogP contribution in [0.15, 0.2) is 59.6 Å². The third-order valence-electron chi connectivity index (χ3n) is 5.41. The summed E-state index contributed by atoms with van der Waals surface area (Å²) >= 11 is 8.14. The van der Waals surface area contributed by atoms with E-state index in [0.717, 1.165) is 38.2 Å². The number of hydrogen-bond acceptors (Lipinski definition) is 7. The van der Waals surface area contributed by atoms with E-state index in [1.165, 1.54) is 18.5 Å². The summed E-state index contributed by atoms with van der Waals surface area (Å²) in [6.07, 6.45) is 1.57. The highest BCUT2D eigenvalue weighted by Crippen LogP contribution is 2.40. The molecule has 9 heteroatoms. The molecule has 1 atom stereocenters. The van der Waals surface area contributed by atoms with Gasteiger partial charge in [0.2, 0.25) is 0 Å². The zero-order chi connectivity index (χ0) is 23.7. The summed E-state index contributed by atoms with van der Waals surface area (Å²) in [5.41, 5.74) is 3.35. The lowest BCUT2D eigenvalue weighted by atomic mass is 10.0. The SMILES string of the molecule is C[C@H](N=Cc1ccc2c(Nc3cccc(-c4ccc5c(c4)OCCO5)c3Cl)nsc2c1)C(=O)O. The predicted octanol–water partition coefficient (Wildman–Crippen LogP) is 6.02. The van der Waals surface area contributed by atoms with Crippen molar-refractivity contribution < 1.29 is 19.4 Å². The zero-order valence-electron chi connectivity index (χ0n) is 18.1. The number of ether oxygens (including phenoxy) is 2. The van der Waals surface area contributed by atoms with Crippen LogP contribution in [0.4, 0.5) is 11.5 Å². The van der Waals surface area contributed by atoms with Gasteiger partial charge < -0.3 is 19.9 Å². The van der Waals surface area contributed by atoms with Gasteiger partial charge in [0, 0.05) is 17.2 Å². The highest BCUT2D eigenvalue weighted by Gasteiger charge is 2.16. The Morgan fingerprint density at radius 1 is 1.18 bits per heavy atom. The van der Waals surface area contributed by atoms with Crippen molar-refractivity contribution in [3.05, 3.63) is 65.2 Å². The fourth-order valence-corrected chi connectivity index (χ4v) is 4.64. The van der Waals surface area contributed by atoms with Gasteiger partial charge in [-0.2, -0.15) is 4.37 Å². The Morgan fingerprint density at radius 3 is 2.82 bits per heavy atom. The molecule has 0 amide bonds. The van der Waals surface area contributed by atoms with Gasteiger partial charge in [0.1, 0.15) is 19.3 Å². The van der Waals surface area contributed by atoms with Gasteiger partial charge in [-0.1, -0.05) is 35.9 Å². The first-order valence-corrected chi connectivity index (χ1v) is 11.8. The molecule has 0 saturated heterocycles. The molecule has 5 rings (SSSR count). The Bertz CT molecular complexity index is 1420. The van der Waals surface area contributed by atoms with Crippen LogP contribution in [0.1, 0.15) is 12.5 Å². The molecule has 4 aromatic rings. The number of carbonyl (C=O) groups is 1. The lowest BCUT2D eigenvalue weighted by Gasteiger charge is -2.19. The van der Waals surface area contributed by atoms with E-state index in [-0.39, 0.29) is 0 Å². The van der Waals surface area contributed by atoms with Gasteiger partial charge in [0.15, 0.2) is 17.3 Å². The molecule has 0 aliphatic carbocycles. The van der Waals surface area contributed by atoms with Crippen molar-refractivity contribution >= 4 is 56.9 Å². The second kappa shape index (κ2) is 9.32. The van der Waals surface area contributed by atoms with Crippen molar-refractivity contribution in [2.45, 2.75) is 13.0 Å². The third kappa shape index (κ3) is 4.42. The Hall–Kier alpha value is -3.62. The van der Waals surface area contributed by atoms with Gasteiger partial charge in [0.05, 0.1) is 15.4 Å². The molecule has 0 saturated carbocycles. The summed E-state index contributed by atoms with van der Waals surface area (Å²) in [5.74, 6) is 1.18. The molecule has 1 aliphatic heterocycles. The molecule has 0 spiro atoms. The molecule has 172 valence electrons. The van der Waals surface area contributed by atoms with E-state index >= 15 is 0 Å². The van der Waals surface area contributed by atoms with Gasteiger partial charge in [-0.05, 0) is 59.9 Å². The molecule has 34 heavy (non-hydrogen) atoms. The van der Waals surface area contributed by atoms with E-state index in [9.17, 15) is 4.79 Å². The Balaban J connectivity index is 1.41. The number of fused-ring (bicyclic) bond motifs is 2. The van der Waals surface area contributed by atoms with Crippen molar-refractivity contribution in [3.8, 4) is 22.6 Å². The minimum Gasteiger partial charge on any atom is -0.486 e. The quantitative estimate of drug-likeness (QED) is 0.319. The zero-order valence-corrected chi connectivity index (χ0v) is 19.7. The molecule has 2 heterocycles. The fourth-order valence-electron chi connectivity index (χ4n) is 3.58. The summed E-state index contributed by atoms with van der Waals surface area (Å²) in [4.78, 5) is 15.0. The highest BCUT2D eigenvalue weighted by atomic mass is 35.5. The lowest BCUT2D eigenvalue weighted by Crippen LogP contribution is -2.15. The highest BCUT2D eigenvalue weighted by molar-refractivity contribution is 7.13. The average molecular weight is 494 g/mol. The minimum absolute atomic E-state index is 0.523. The van der Waals surface area contributed by atoms with E-state index in [1.807, 2.05) is 54.6 Å². The Morgan fingerprint density at radius 2 is 2.00 bits per heavy atom. The normalized spacial score (nSPS) is 13.8. The maximum absolute atomic E-state index is 11.0. The Kier molecular flexibility index (Phi) is 6.08. The number of carboxylic acid groups (broad SMARTS) is 1. The van der Waals surface area contributed by atoms with Crippen LogP contribution in [0.25, 0.3) is 21.2 Å². The van der Waals surface area contributed by atoms with Crippen LogP contribution in [-0.4, -0.2) is 40.9 Å². The van der Waals surface area contributed by atoms with E-state index < -0.39 is 12.0 Å². The topological polar surface area (TPSA) is 93.0 Å². The second-order valence-corrected chi connectivity index (χ2v) is 8.91. The maximum atomic E-state index is 11.0. The first-order chi connectivity index (χ1) is 16.5. The summed E-state index contributed by atoms with van der Waals surface area (Å²) in [6.45, 7) is 2.60. The first-order valence-electron chi connectivity index (χ1n) is 10.6. The van der Waals surface area contributed by atoms with Gasteiger partial charge in [-0.3, -0.25) is 4.99 Å². The predicted molar refractivity (Wildman–Crippen MR) is 135 cm³/mol. The molecule has 2 N–H and O–H groups in total. The van der Waals surface area contributed by atoms with E-state index in [0.29, 0.717) is 29.8 Å². The first kappa shape index (κ1) is 22.2. The number of aliphatic imine (C=N–C) groups is 1. The van der Waals surface area contributed by atoms with Gasteiger partial charge in [-0.25, -0.2) is 4.79 Å². The van der Waals surface area contributed by atoms with Gasteiger partial charge in [-0.15, -0.1) is 0 Å². The monoisotopic (exact) mass is 493 g/mol. The fraction of sp³-hybridized carbons (Fsp3) is 0.160. The van der Waals surface area contributed by atoms with Crippen LogP contribution in [0, 0.1) is 0 Å². The van der Waals surface area contributed by atoms with Crippen LogP contribution in [0.2, 0.25) is 5.02 Å². The number of carboxylic acids is 1. The maximum Gasteiger partial charge on any atom is 0.328 e. The molecule has 0 radical (unpaired) electrons. The van der Waals surface area contributed by atoms with Crippen molar-refractivity contribution in [1.29, 1.82) is 0 Å². The summed E-state index contributed by atoms with van der Waals surface area (Å²) in [5, 5.41) is 13.9. The van der Waals surface area contributed by atoms with E-state index in [1.54, 1.807) is 6.21 Å². The summed E-state index contributed by atoms with van der Waals surface area (Å²) in [7, 11) is 0. The second-order valence-electron chi connectivity index (χ2n) is 7.73. The molecular weight excluding hydrogens is 474 g/mol. The van der Waals surface area contributed by atoms with Crippen LogP contribution in [0.5, 0.6) is 11.5 Å². The van der Waals surface area contributed by atoms with Crippen molar-refractivity contribution in [3.63, 3.8) is 0 Å². The Labute approximate surface area is 204 Å². The van der Waals surface area contributed by atoms with Crippen LogP contribution < -0.4 is 14.8 Å². The number of hydrogen-bond donors (Lipinski definition) is 2. The number of aromatic nitrogens is 1. The largest absolute Gasteiger partial charge is 0.486 e. The van der Waals surface area contributed by atoms with E-state index in [2.05, 4.69) is 14.7 Å². The number of rotatable bonds is 6. The molecule has 0 unspecified atom stereocenters. The number of halogens is 1. The summed E-state index contributed by atoms with van der Waals surface area (Å²) < 4.78 is 16.8. The number of nitrogens with one attached hydrogen (secondary N) is 1. The van der Waals surface area contributed by atoms with Crippen LogP contribution >= 0.6 is 23.1 Å². The number of aliphatic carboxylic acids is 1. The van der Waals surface area contributed by atoms with Crippen molar-refractivity contribution in [2.24, 2.45) is 4.99 Å². The molecule has 1 aliphatic rings. The smallest absolute Gasteiger partial charge is 0.328 e. The molecule has 7 nitrogen and oxygen atoms in total. The van der Waals surface area contributed by atoms with Gasteiger partial charge in [0.25, 0.3) is 0 Å². The van der Waals surface area contributed by atoms with Crippen molar-refractivity contribution in [2.75, 3.05) is 18.5 Å². The molecular formula is C25H20ClN3O4S. The third-order valence-corrected chi connectivity index (χ3v) is 6.62. The van der Waals surface area contributed by atoms with Gasteiger partial charge >= 0.3 is 5.97 Å². The van der Waals surface area contributed by atoms with Crippen LogP contribution in [-0.2, 0) is 4.79 Å². The van der Waals surface area contributed by atoms with Crippen molar-refractivity contribution in [1.82, 2.24) is 4.37 Å². The average Bonchev–Trinajstić information content (AvgIpc) is 3.25.